The minimum atomic E-state index is -5.02. The first kappa shape index (κ1) is 16.6. The number of aliphatic hydroxyl groups excluding tert-OH is 3. The third-order valence-corrected chi connectivity index (χ3v) is 2.09. The third-order valence-electron chi connectivity index (χ3n) is 1.67. The molecule has 0 saturated carbocycles. The zero-order chi connectivity index (χ0) is 12.5. The van der Waals surface area contributed by atoms with Crippen molar-refractivity contribution < 1.29 is 46.6 Å². The van der Waals surface area contributed by atoms with Gasteiger partial charge in [0.25, 0.3) is 5.76 Å². The van der Waals surface area contributed by atoms with Crippen molar-refractivity contribution in [1.29, 1.82) is 0 Å². The number of aliphatic hydroxyl groups is 3. The van der Waals surface area contributed by atoms with Crippen LogP contribution in [0.4, 0.5) is 0 Å². The number of esters is 1. The van der Waals surface area contributed by atoms with E-state index in [1.54, 1.807) is 0 Å². The first-order valence-electron chi connectivity index (χ1n) is 3.94. The summed E-state index contributed by atoms with van der Waals surface area (Å²) in [6.45, 7) is -0.814. The summed E-state index contributed by atoms with van der Waals surface area (Å²) in [7, 11) is -5.02. The summed E-state index contributed by atoms with van der Waals surface area (Å²) in [6.07, 6.45) is -3.21. The van der Waals surface area contributed by atoms with Crippen LogP contribution in [0.2, 0.25) is 0 Å². The summed E-state index contributed by atoms with van der Waals surface area (Å²) >= 11 is 0. The van der Waals surface area contributed by atoms with Gasteiger partial charge in [0.1, 0.15) is 6.10 Å². The molecule has 0 unspecified atom stereocenters. The van der Waals surface area contributed by atoms with Gasteiger partial charge in [-0.05, 0) is 0 Å². The van der Waals surface area contributed by atoms with E-state index < -0.39 is 44.1 Å². The van der Waals surface area contributed by atoms with Gasteiger partial charge < -0.3 is 27.4 Å². The van der Waals surface area contributed by atoms with Gasteiger partial charge in [0.15, 0.2) is 11.9 Å². The largest absolute Gasteiger partial charge is 2.00 e. The Labute approximate surface area is 114 Å². The monoisotopic (exact) mass is 282 g/mol. The Bertz CT molecular complexity index is 383. The number of hydrogen-bond donors (Lipinski definition) is 5. The molecule has 0 aromatic heterocycles. The molecule has 0 aromatic rings. The second-order valence-electron chi connectivity index (χ2n) is 2.87. The van der Waals surface area contributed by atoms with Gasteiger partial charge in [0.2, 0.25) is 0 Å². The molecule has 9 nitrogen and oxygen atoms in total. The van der Waals surface area contributed by atoms with Gasteiger partial charge in [-0.15, -0.1) is 0 Å². The quantitative estimate of drug-likeness (QED) is 0.223. The molecule has 0 bridgehead atoms. The Balaban J connectivity index is -0.000000853. The van der Waals surface area contributed by atoms with Crippen LogP contribution < -0.4 is 0 Å². The molecule has 0 saturated heterocycles. The van der Waals surface area contributed by atoms with E-state index in [9.17, 15) is 14.5 Å². The van der Waals surface area contributed by atoms with Crippen molar-refractivity contribution in [2.75, 3.05) is 6.61 Å². The molecule has 17 heavy (non-hydrogen) atoms. The zero-order valence-corrected chi connectivity index (χ0v) is 10.7. The number of ether oxygens (including phenoxy) is 1. The molecular formula is C6H11MgO9P. The number of phosphoric ester groups is 1. The van der Waals surface area contributed by atoms with E-state index in [1.807, 2.05) is 0 Å². The van der Waals surface area contributed by atoms with Gasteiger partial charge in [0, 0.05) is 0 Å². The molecule has 1 rings (SSSR count). The summed E-state index contributed by atoms with van der Waals surface area (Å²) in [4.78, 5) is 27.8. The van der Waals surface area contributed by atoms with Gasteiger partial charge in [0.05, 0.1) is 6.61 Å². The summed E-state index contributed by atoms with van der Waals surface area (Å²) in [5, 5.41) is 26.9. The number of rotatable bonds is 4. The fraction of sp³-hybridized carbons (Fsp3) is 0.500. The van der Waals surface area contributed by atoms with Crippen molar-refractivity contribution >= 4 is 36.8 Å². The maximum atomic E-state index is 11.0. The normalized spacial score (nSPS) is 21.9. The van der Waals surface area contributed by atoms with Gasteiger partial charge >= 0.3 is 36.8 Å². The Morgan fingerprint density at radius 3 is 2.47 bits per heavy atom. The number of phosphoric acid groups is 1. The maximum Gasteiger partial charge on any atom is 2.00 e. The average molecular weight is 282 g/mol. The van der Waals surface area contributed by atoms with Gasteiger partial charge in [-0.2, -0.15) is 0 Å². The van der Waals surface area contributed by atoms with Crippen LogP contribution in [0.15, 0.2) is 11.5 Å². The van der Waals surface area contributed by atoms with E-state index in [-0.39, 0.29) is 25.9 Å². The summed E-state index contributed by atoms with van der Waals surface area (Å²) in [6, 6.07) is 0. The van der Waals surface area contributed by atoms with Crippen LogP contribution in [-0.2, 0) is 18.6 Å². The molecular weight excluding hydrogens is 271 g/mol. The van der Waals surface area contributed by atoms with E-state index in [1.165, 1.54) is 0 Å². The molecule has 11 heteroatoms. The summed E-state index contributed by atoms with van der Waals surface area (Å²) in [5.74, 6) is -3.39. The molecule has 2 atom stereocenters. The van der Waals surface area contributed by atoms with E-state index in [4.69, 9.17) is 20.0 Å². The van der Waals surface area contributed by atoms with Crippen molar-refractivity contribution in [1.82, 2.24) is 0 Å². The van der Waals surface area contributed by atoms with E-state index in [0.29, 0.717) is 0 Å². The molecule has 1 aliphatic rings. The molecule has 0 aromatic carbocycles. The Hall–Kier alpha value is -0.354. The predicted octanol–water partition coefficient (Wildman–Crippen LogP) is -2.01. The number of hydrogen-bond acceptors (Lipinski definition) is 7. The molecule has 0 radical (unpaired) electrons. The Morgan fingerprint density at radius 1 is 1.53 bits per heavy atom. The van der Waals surface area contributed by atoms with Crippen molar-refractivity contribution in [3.8, 4) is 0 Å². The van der Waals surface area contributed by atoms with Crippen LogP contribution in [-0.4, -0.2) is 72.9 Å². The van der Waals surface area contributed by atoms with E-state index in [0.717, 1.165) is 0 Å². The van der Waals surface area contributed by atoms with E-state index >= 15 is 0 Å². The minimum absolute atomic E-state index is 0. The summed E-state index contributed by atoms with van der Waals surface area (Å²) < 4.78 is 18.7. The average Bonchev–Trinajstić information content (AvgIpc) is 2.42. The molecule has 5 N–H and O–H groups in total. The van der Waals surface area contributed by atoms with Crippen molar-refractivity contribution in [3.05, 3.63) is 11.5 Å². The smallest absolute Gasteiger partial charge is 1.00 e. The van der Waals surface area contributed by atoms with Crippen LogP contribution in [0.3, 0.4) is 0 Å². The fourth-order valence-corrected chi connectivity index (χ4v) is 1.42. The first-order valence-corrected chi connectivity index (χ1v) is 5.47. The van der Waals surface area contributed by atoms with Crippen molar-refractivity contribution in [2.45, 2.75) is 12.2 Å². The molecule has 0 aliphatic carbocycles. The molecule has 1 heterocycles. The molecule has 1 aliphatic heterocycles. The topological polar surface area (TPSA) is 154 Å². The van der Waals surface area contributed by atoms with Crippen LogP contribution in [0.1, 0.15) is 2.85 Å². The Kier molecular flexibility index (Phi) is 5.88. The molecule has 0 fully saturated rings. The molecule has 96 valence electrons. The zero-order valence-electron chi connectivity index (χ0n) is 10.4. The van der Waals surface area contributed by atoms with Gasteiger partial charge in [-0.25, -0.2) is 9.36 Å². The summed E-state index contributed by atoms with van der Waals surface area (Å²) in [5.41, 5.74) is 0. The predicted molar refractivity (Wildman–Crippen MR) is 53.7 cm³/mol. The van der Waals surface area contributed by atoms with Gasteiger partial charge in [-0.3, -0.25) is 9.79 Å². The number of carbonyl (C=O) groups is 1. The first-order chi connectivity index (χ1) is 7.26. The second-order valence-corrected chi connectivity index (χ2v) is 4.04. The van der Waals surface area contributed by atoms with Crippen LogP contribution in [0, 0.1) is 0 Å². The van der Waals surface area contributed by atoms with Gasteiger partial charge in [-0.1, -0.05) is 0 Å². The third kappa shape index (κ3) is 4.10. The standard InChI is InChI=1S/C6H9O9P.Mg.2H/c7-1-2(8)4-3(9)5(6(10)14-4)15-16(11,12)13;;;/h2,4,7-9H,1H2,(H2,11,12,13);;;/q;+2;2*-1/t2-,4+;;;/m0.../s1. The Morgan fingerprint density at radius 2 is 2.06 bits per heavy atom. The van der Waals surface area contributed by atoms with Crippen LogP contribution in [0.5, 0.6) is 0 Å². The molecule has 0 spiro atoms. The van der Waals surface area contributed by atoms with E-state index in [2.05, 4.69) is 9.26 Å². The second kappa shape index (κ2) is 6.00. The maximum absolute atomic E-state index is 11.0. The SMILES string of the molecule is O=C1O[C@H]([C@@H](O)CO)C(O)=C1OP(=O)(O)O.[H-].[H-].[Mg+2]. The van der Waals surface area contributed by atoms with Crippen LogP contribution in [0.25, 0.3) is 0 Å². The van der Waals surface area contributed by atoms with Crippen molar-refractivity contribution in [3.63, 3.8) is 0 Å². The minimum Gasteiger partial charge on any atom is -1.00 e. The van der Waals surface area contributed by atoms with Crippen LogP contribution >= 0.6 is 7.82 Å². The molecule has 0 amide bonds. The number of cyclic esters (lactones) is 1. The number of carbonyl (C=O) groups excluding carboxylic acids is 1. The van der Waals surface area contributed by atoms with Crippen molar-refractivity contribution in [2.24, 2.45) is 0 Å². The fourth-order valence-electron chi connectivity index (χ4n) is 1.02.